The van der Waals surface area contributed by atoms with Crippen LogP contribution in [0, 0.1) is 0 Å². The standard InChI is InChI=1S/C17H21N5O3/c23-16(15-12-3-6-18-10-13(12)20-21-15)19-11-4-7-22(8-5-11)17(24)14-2-1-9-25-14/h1-2,9,11,18H,3-8,10H2,(H,19,23)(H,20,21). The van der Waals surface area contributed by atoms with Crippen molar-refractivity contribution in [2.75, 3.05) is 19.6 Å². The minimum absolute atomic E-state index is 0.0576. The third kappa shape index (κ3) is 3.17. The number of carbonyl (C=O) groups excluding carboxylic acids is 2. The first kappa shape index (κ1) is 15.9. The van der Waals surface area contributed by atoms with Crippen molar-refractivity contribution in [2.45, 2.75) is 31.8 Å². The third-order valence-corrected chi connectivity index (χ3v) is 4.87. The number of aromatic amines is 1. The summed E-state index contributed by atoms with van der Waals surface area (Å²) in [6, 6.07) is 3.44. The number of aromatic nitrogens is 2. The molecule has 3 N–H and O–H groups in total. The van der Waals surface area contributed by atoms with Crippen molar-refractivity contribution in [2.24, 2.45) is 0 Å². The summed E-state index contributed by atoms with van der Waals surface area (Å²) in [5, 5.41) is 13.4. The zero-order chi connectivity index (χ0) is 17.2. The van der Waals surface area contributed by atoms with Crippen LogP contribution in [-0.4, -0.2) is 52.6 Å². The molecule has 1 saturated heterocycles. The maximum absolute atomic E-state index is 12.5. The van der Waals surface area contributed by atoms with E-state index < -0.39 is 0 Å². The number of piperidine rings is 1. The molecule has 2 aromatic heterocycles. The zero-order valence-electron chi connectivity index (χ0n) is 13.9. The van der Waals surface area contributed by atoms with E-state index in [0.29, 0.717) is 24.5 Å². The summed E-state index contributed by atoms with van der Waals surface area (Å²) < 4.78 is 5.16. The fraction of sp³-hybridized carbons (Fsp3) is 0.471. The number of carbonyl (C=O) groups is 2. The van der Waals surface area contributed by atoms with E-state index in [1.54, 1.807) is 17.0 Å². The molecular weight excluding hydrogens is 322 g/mol. The van der Waals surface area contributed by atoms with Gasteiger partial charge in [0.15, 0.2) is 11.5 Å². The number of likely N-dealkylation sites (tertiary alicyclic amines) is 1. The van der Waals surface area contributed by atoms with Gasteiger partial charge in [-0.05, 0) is 37.9 Å². The Morgan fingerprint density at radius 2 is 2.16 bits per heavy atom. The van der Waals surface area contributed by atoms with Gasteiger partial charge < -0.3 is 20.0 Å². The number of furan rings is 1. The lowest BCUT2D eigenvalue weighted by molar-refractivity contribution is 0.0667. The van der Waals surface area contributed by atoms with Gasteiger partial charge in [0.25, 0.3) is 11.8 Å². The van der Waals surface area contributed by atoms with Gasteiger partial charge in [-0.25, -0.2) is 0 Å². The summed E-state index contributed by atoms with van der Waals surface area (Å²) in [4.78, 5) is 26.6. The van der Waals surface area contributed by atoms with Crippen LogP contribution in [-0.2, 0) is 13.0 Å². The molecule has 2 aliphatic heterocycles. The van der Waals surface area contributed by atoms with Gasteiger partial charge in [0.05, 0.1) is 12.0 Å². The monoisotopic (exact) mass is 343 g/mol. The topological polar surface area (TPSA) is 103 Å². The molecule has 0 unspecified atom stereocenters. The Bertz CT molecular complexity index is 759. The Kier molecular flexibility index (Phi) is 4.27. The van der Waals surface area contributed by atoms with E-state index in [2.05, 4.69) is 20.8 Å². The highest BCUT2D eigenvalue weighted by molar-refractivity contribution is 5.94. The number of hydrogen-bond acceptors (Lipinski definition) is 5. The van der Waals surface area contributed by atoms with Crippen LogP contribution in [0.15, 0.2) is 22.8 Å². The van der Waals surface area contributed by atoms with E-state index in [9.17, 15) is 9.59 Å². The highest BCUT2D eigenvalue weighted by Gasteiger charge is 2.28. The zero-order valence-corrected chi connectivity index (χ0v) is 13.9. The molecule has 8 heteroatoms. The van der Waals surface area contributed by atoms with Crippen LogP contribution >= 0.6 is 0 Å². The first-order valence-corrected chi connectivity index (χ1v) is 8.63. The summed E-state index contributed by atoms with van der Waals surface area (Å²) >= 11 is 0. The normalized spacial score (nSPS) is 18.0. The average molecular weight is 343 g/mol. The van der Waals surface area contributed by atoms with E-state index >= 15 is 0 Å². The van der Waals surface area contributed by atoms with Crippen molar-refractivity contribution in [3.63, 3.8) is 0 Å². The van der Waals surface area contributed by atoms with Gasteiger partial charge in [-0.3, -0.25) is 14.7 Å². The van der Waals surface area contributed by atoms with Crippen molar-refractivity contribution in [1.82, 2.24) is 25.7 Å². The number of rotatable bonds is 3. The lowest BCUT2D eigenvalue weighted by Gasteiger charge is -2.31. The van der Waals surface area contributed by atoms with Gasteiger partial charge in [0.1, 0.15) is 0 Å². The second-order valence-corrected chi connectivity index (χ2v) is 6.47. The highest BCUT2D eigenvalue weighted by Crippen LogP contribution is 2.18. The molecule has 8 nitrogen and oxygen atoms in total. The smallest absolute Gasteiger partial charge is 0.289 e. The van der Waals surface area contributed by atoms with Gasteiger partial charge in [0, 0.05) is 31.2 Å². The quantitative estimate of drug-likeness (QED) is 0.760. The number of nitrogens with zero attached hydrogens (tertiary/aromatic N) is 2. The van der Waals surface area contributed by atoms with Crippen LogP contribution < -0.4 is 10.6 Å². The van der Waals surface area contributed by atoms with E-state index in [1.807, 2.05) is 0 Å². The Morgan fingerprint density at radius 1 is 1.32 bits per heavy atom. The number of H-pyrrole nitrogens is 1. The van der Waals surface area contributed by atoms with E-state index in [0.717, 1.165) is 43.6 Å². The molecule has 25 heavy (non-hydrogen) atoms. The lowest BCUT2D eigenvalue weighted by atomic mass is 10.0. The molecule has 2 aromatic rings. The Labute approximate surface area is 145 Å². The molecule has 2 aliphatic rings. The minimum atomic E-state index is -0.129. The summed E-state index contributed by atoms with van der Waals surface area (Å²) in [7, 11) is 0. The molecule has 0 saturated carbocycles. The van der Waals surface area contributed by atoms with Crippen molar-refractivity contribution in [3.8, 4) is 0 Å². The number of hydrogen-bond donors (Lipinski definition) is 3. The Morgan fingerprint density at radius 3 is 2.92 bits per heavy atom. The Hall–Kier alpha value is -2.61. The average Bonchev–Trinajstić information content (AvgIpc) is 3.31. The third-order valence-electron chi connectivity index (χ3n) is 4.87. The lowest BCUT2D eigenvalue weighted by Crippen LogP contribution is -2.46. The van der Waals surface area contributed by atoms with E-state index in [4.69, 9.17) is 4.42 Å². The summed E-state index contributed by atoms with van der Waals surface area (Å²) in [6.45, 7) is 2.79. The maximum Gasteiger partial charge on any atom is 0.289 e. The molecule has 1 fully saturated rings. The molecule has 2 amide bonds. The second kappa shape index (κ2) is 6.72. The van der Waals surface area contributed by atoms with Gasteiger partial charge in [0.2, 0.25) is 0 Å². The van der Waals surface area contributed by atoms with E-state index in [1.165, 1.54) is 6.26 Å². The van der Waals surface area contributed by atoms with Crippen LogP contribution in [0.5, 0.6) is 0 Å². The fourth-order valence-electron chi connectivity index (χ4n) is 3.47. The van der Waals surface area contributed by atoms with Crippen molar-refractivity contribution in [3.05, 3.63) is 41.1 Å². The van der Waals surface area contributed by atoms with Gasteiger partial charge in [-0.15, -0.1) is 0 Å². The first-order valence-electron chi connectivity index (χ1n) is 8.63. The summed E-state index contributed by atoms with van der Waals surface area (Å²) in [5.74, 6) is 0.137. The SMILES string of the molecule is O=C(NC1CCN(C(=O)c2ccco2)CC1)c1n[nH]c2c1CCNC2. The predicted octanol–water partition coefficient (Wildman–Crippen LogP) is 0.683. The number of amides is 2. The summed E-state index contributed by atoms with van der Waals surface area (Å²) in [6.07, 6.45) is 3.77. The molecule has 0 aliphatic carbocycles. The molecule has 0 radical (unpaired) electrons. The van der Waals surface area contributed by atoms with Crippen molar-refractivity contribution in [1.29, 1.82) is 0 Å². The van der Waals surface area contributed by atoms with Crippen LogP contribution in [0.3, 0.4) is 0 Å². The summed E-state index contributed by atoms with van der Waals surface area (Å²) in [5.41, 5.74) is 2.52. The minimum Gasteiger partial charge on any atom is -0.459 e. The fourth-order valence-corrected chi connectivity index (χ4v) is 3.47. The predicted molar refractivity (Wildman–Crippen MR) is 89.1 cm³/mol. The van der Waals surface area contributed by atoms with Gasteiger partial charge in [-0.2, -0.15) is 5.10 Å². The second-order valence-electron chi connectivity index (χ2n) is 6.47. The number of fused-ring (bicyclic) bond motifs is 1. The molecule has 4 rings (SSSR count). The highest BCUT2D eigenvalue weighted by atomic mass is 16.3. The van der Waals surface area contributed by atoms with E-state index in [-0.39, 0.29) is 17.9 Å². The largest absolute Gasteiger partial charge is 0.459 e. The number of nitrogens with one attached hydrogen (secondary N) is 3. The molecule has 4 heterocycles. The maximum atomic E-state index is 12.5. The van der Waals surface area contributed by atoms with Crippen LogP contribution in [0.2, 0.25) is 0 Å². The van der Waals surface area contributed by atoms with Crippen molar-refractivity contribution < 1.29 is 14.0 Å². The molecule has 0 aromatic carbocycles. The van der Waals surface area contributed by atoms with Crippen LogP contribution in [0.4, 0.5) is 0 Å². The molecule has 0 spiro atoms. The van der Waals surface area contributed by atoms with Gasteiger partial charge >= 0.3 is 0 Å². The first-order chi connectivity index (χ1) is 12.2. The molecule has 0 atom stereocenters. The molecule has 132 valence electrons. The molecular formula is C17H21N5O3. The van der Waals surface area contributed by atoms with Crippen LogP contribution in [0.25, 0.3) is 0 Å². The van der Waals surface area contributed by atoms with Crippen molar-refractivity contribution >= 4 is 11.8 Å². The van der Waals surface area contributed by atoms with Gasteiger partial charge in [-0.1, -0.05) is 0 Å². The molecule has 0 bridgehead atoms. The van der Waals surface area contributed by atoms with Crippen LogP contribution in [0.1, 0.15) is 45.1 Å². The Balaban J connectivity index is 1.33.